The number of hydrogen-bond acceptors (Lipinski definition) is 22. The average Bonchev–Trinajstić information content (AvgIpc) is 1.61. The van der Waals surface area contributed by atoms with Crippen LogP contribution in [0.15, 0.2) is 97.7 Å². The summed E-state index contributed by atoms with van der Waals surface area (Å²) >= 11 is 0.794. The van der Waals surface area contributed by atoms with E-state index in [1.165, 1.54) is 40.6 Å². The maximum atomic E-state index is 15.8. The van der Waals surface area contributed by atoms with Crippen LogP contribution in [0.5, 0.6) is 0 Å². The summed E-state index contributed by atoms with van der Waals surface area (Å²) in [5, 5.41) is 61.1. The van der Waals surface area contributed by atoms with Gasteiger partial charge in [-0.15, -0.1) is 11.8 Å². The van der Waals surface area contributed by atoms with Crippen molar-refractivity contribution in [1.82, 2.24) is 103 Å². The number of aryl methyl sites for hydroxylation is 1. The molecule has 0 radical (unpaired) electrons. The number of nitrogens with zero attached hydrogens (tertiary/aromatic N) is 6. The van der Waals surface area contributed by atoms with Crippen LogP contribution < -0.4 is 75.7 Å². The molecule has 3 aromatic carbocycles. The van der Waals surface area contributed by atoms with Gasteiger partial charge in [-0.3, -0.25) is 86.9 Å². The Hall–Kier alpha value is -13.5. The molecule has 0 spiro atoms. The van der Waals surface area contributed by atoms with Gasteiger partial charge in [0.1, 0.15) is 84.6 Å². The number of amides is 17. The number of para-hydroxylation sites is 2. The van der Waals surface area contributed by atoms with Crippen LogP contribution in [-0.4, -0.2) is 317 Å². The number of hydrogen-bond donors (Lipinski definition) is 20. The molecule has 0 saturated carbocycles. The zero-order valence-corrected chi connectivity index (χ0v) is 78.9. The third-order valence-electron chi connectivity index (χ3n) is 24.5. The molecule has 2 unspecified atom stereocenters. The molecule has 3 aromatic heterocycles. The molecule has 44 heteroatoms. The first-order valence-electron chi connectivity index (χ1n) is 45.8. The number of carbonyl (C=O) groups is 17. The van der Waals surface area contributed by atoms with E-state index in [2.05, 4.69) is 78.4 Å². The van der Waals surface area contributed by atoms with Crippen LogP contribution in [-0.2, 0) is 107 Å². The van der Waals surface area contributed by atoms with Gasteiger partial charge in [-0.25, -0.2) is 4.98 Å². The molecule has 0 aliphatic carbocycles. The van der Waals surface area contributed by atoms with Crippen molar-refractivity contribution in [3.63, 3.8) is 0 Å². The number of nitrogens with one attached hydrogen (secondary N) is 15. The van der Waals surface area contributed by atoms with Crippen molar-refractivity contribution in [2.45, 2.75) is 241 Å². The Kier molecular flexibility index (Phi) is 39.6. The van der Waals surface area contributed by atoms with E-state index >= 15 is 38.4 Å². The molecule has 0 bridgehead atoms. The molecular weight excluding hydrogens is 1780 g/mol. The number of nitrogens with two attached hydrogens (primary N) is 3. The van der Waals surface area contributed by atoms with E-state index in [1.54, 1.807) is 106 Å². The number of aliphatic hydroxyl groups excluding tert-OH is 2. The number of fused-ring (bicyclic) bond motifs is 4. The van der Waals surface area contributed by atoms with Gasteiger partial charge in [0.2, 0.25) is 100 Å². The second-order valence-electron chi connectivity index (χ2n) is 35.3. The molecule has 6 heterocycles. The minimum absolute atomic E-state index is 0.00464. The monoisotopic (exact) mass is 1910 g/mol. The highest BCUT2D eigenvalue weighted by Crippen LogP contribution is 2.28. The quantitative estimate of drug-likeness (QED) is 0.0154. The van der Waals surface area contributed by atoms with Crippen molar-refractivity contribution in [2.24, 2.45) is 23.1 Å². The fourth-order valence-corrected chi connectivity index (χ4v) is 17.9. The van der Waals surface area contributed by atoms with Gasteiger partial charge < -0.3 is 125 Å². The third kappa shape index (κ3) is 29.5. The second kappa shape index (κ2) is 50.7. The number of carbonyl (C=O) groups excluding carboxylic acids is 17. The Morgan fingerprint density at radius 3 is 1.71 bits per heavy atom. The highest BCUT2D eigenvalue weighted by Gasteiger charge is 2.47. The summed E-state index contributed by atoms with van der Waals surface area (Å²) in [7, 11) is 3.96. The molecule has 15 atom stereocenters. The summed E-state index contributed by atoms with van der Waals surface area (Å²) in [6, 6.07) is -0.592. The van der Waals surface area contributed by atoms with Crippen LogP contribution >= 0.6 is 11.8 Å². The van der Waals surface area contributed by atoms with Crippen LogP contribution in [0.2, 0.25) is 0 Å². The zero-order chi connectivity index (χ0) is 99.3. The van der Waals surface area contributed by atoms with Gasteiger partial charge in [-0.1, -0.05) is 120 Å². The van der Waals surface area contributed by atoms with E-state index in [0.29, 0.717) is 69.9 Å². The molecule has 3 saturated heterocycles. The molecule has 17 amide bonds. The number of aliphatic hydroxyl groups is 2. The minimum atomic E-state index is -1.89. The number of guanidine groups is 1. The first kappa shape index (κ1) is 106. The molecule has 136 heavy (non-hydrogen) atoms. The third-order valence-corrected chi connectivity index (χ3v) is 25.5. The van der Waals surface area contributed by atoms with Crippen LogP contribution in [0.25, 0.3) is 21.8 Å². The fourth-order valence-electron chi connectivity index (χ4n) is 17.0. The topological polar surface area (TPSA) is 641 Å². The Morgan fingerprint density at radius 2 is 1.11 bits per heavy atom. The lowest BCUT2D eigenvalue weighted by atomic mass is 10.00. The number of thioether (sulfide) groups is 1. The molecule has 9 rings (SSSR count). The second-order valence-corrected chi connectivity index (χ2v) is 36.3. The molecule has 3 fully saturated rings. The van der Waals surface area contributed by atoms with Crippen molar-refractivity contribution in [3.8, 4) is 0 Å². The highest BCUT2D eigenvalue weighted by molar-refractivity contribution is 8.00. The molecule has 738 valence electrons. The summed E-state index contributed by atoms with van der Waals surface area (Å²) in [6.45, 7) is 7.91. The SMILES string of the molecule is CCCC[C@H]1C(=O)N(C)[C@@H](CCCC)C(=O)N[C@@H](CCCNC(=N)N)C(=O)N[C@H](C(=O)NCC(N)=O)CSCC(=O)N[C@@H](Cc2cccc(C)c2)C(=O)N(C)[C@@H](C)C(=O)NC(CC(N)=O)C(=O)N2CCC[C@H]2C(=O)N[C@@H](Cc2cnc[nH]2)C(=O)N[C@@H](CC(C)C)C(=O)N2C[C@H](O)CC2C(=O)N[C@@H](Cc2c[nH]c3ccccc23)C(=O)N[C@@H](CO)C(=O)N[C@@H](Cc2c[nH]c3ccccc23)C(=O)N1C. The fraction of sp³-hybridized carbons (Fsp3) is 0.533. The smallest absolute Gasteiger partial charge is 0.246 e. The van der Waals surface area contributed by atoms with Gasteiger partial charge >= 0.3 is 0 Å². The molecular formula is C92H130N24O19S. The minimum Gasteiger partial charge on any atom is -0.394 e. The summed E-state index contributed by atoms with van der Waals surface area (Å²) in [5.41, 5.74) is 20.8. The van der Waals surface area contributed by atoms with Crippen molar-refractivity contribution < 1.29 is 91.7 Å². The summed E-state index contributed by atoms with van der Waals surface area (Å²) < 4.78 is 0. The average molecular weight is 1910 g/mol. The molecule has 23 N–H and O–H groups in total. The standard InChI is InChI=1S/C92H130N24O19S/c1-10-12-28-71-84(128)104-62(27-19-31-98-92(95)96)80(124)111-70(79(123)101-44-76(94)120)47-136-48-77(121)103-66(35-53-22-18-21-51(5)34-53)87(131)112(7)52(6)78(122)107-68(40-75(93)119)89(133)115-32-20-30-72(115)85(129)106-64(38-56-43-97-49-102-56)82(126)108-65(33-50(3)4)90(134)116-45-57(118)39-74(116)86(130)105-63(36-54-41-99-60-25-16-14-23-58(54)60)81(125)110-69(46-117)83(127)109-67(37-55-42-100-61-26-17-15-24-59(55)61)88(132)114(9)73(29-13-11-2)91(135)113(71)8/h14-18,21-26,34,41-43,49-50,52,57,62-74,99-100,117-118H,10-13,19-20,27-33,35-40,44-48H2,1-9H3,(H2,93,119)(H2,94,120)(H,97,102)(H,101,123)(H,103,121)(H,104,128)(H,105,130)(H,106,129)(H,107,122)(H,108,126)(H,109,127)(H,110,125)(H,111,124)(H4,95,96,98)/t52-,57+,62-,63-,64-,65-,66-,67-,68?,69-,70-,71-,72-,73-,74?/m0/s1. The number of benzene rings is 3. The predicted molar refractivity (Wildman–Crippen MR) is 503 cm³/mol. The molecule has 6 aromatic rings. The van der Waals surface area contributed by atoms with Gasteiger partial charge in [0.15, 0.2) is 5.96 Å². The first-order chi connectivity index (χ1) is 64.8. The van der Waals surface area contributed by atoms with Gasteiger partial charge in [0, 0.05) is 125 Å². The van der Waals surface area contributed by atoms with Gasteiger partial charge in [0.25, 0.3) is 0 Å². The van der Waals surface area contributed by atoms with Gasteiger partial charge in [-0.05, 0) is 93.5 Å². The maximum absolute atomic E-state index is 15.8. The Balaban J connectivity index is 1.10. The highest BCUT2D eigenvalue weighted by atomic mass is 32.2. The van der Waals surface area contributed by atoms with Gasteiger partial charge in [0.05, 0.1) is 37.8 Å². The van der Waals surface area contributed by atoms with Crippen molar-refractivity contribution in [2.75, 3.05) is 65.4 Å². The maximum Gasteiger partial charge on any atom is 0.246 e. The largest absolute Gasteiger partial charge is 0.394 e. The Labute approximate surface area is 791 Å². The van der Waals surface area contributed by atoms with E-state index in [-0.39, 0.29) is 96.1 Å². The summed E-state index contributed by atoms with van der Waals surface area (Å²) in [6.07, 6.45) is 3.93. The van der Waals surface area contributed by atoms with E-state index in [9.17, 15) is 53.4 Å². The first-order valence-corrected chi connectivity index (χ1v) is 47.0. The number of imidazole rings is 1. The Bertz CT molecular complexity index is 5260. The van der Waals surface area contributed by atoms with Crippen LogP contribution in [0.4, 0.5) is 0 Å². The molecule has 43 nitrogen and oxygen atoms in total. The summed E-state index contributed by atoms with van der Waals surface area (Å²) in [5.74, 6) is -17.5. The Morgan fingerprint density at radius 1 is 0.559 bits per heavy atom. The number of likely N-dealkylation sites (N-methyl/N-ethyl adjacent to an activating group) is 3. The van der Waals surface area contributed by atoms with E-state index in [4.69, 9.17) is 22.6 Å². The van der Waals surface area contributed by atoms with Crippen LogP contribution in [0.3, 0.4) is 0 Å². The van der Waals surface area contributed by atoms with Crippen LogP contribution in [0, 0.1) is 18.3 Å². The number of aromatic amines is 3. The number of rotatable bonds is 26. The number of primary amides is 2. The lowest BCUT2D eigenvalue weighted by Gasteiger charge is -2.36. The van der Waals surface area contributed by atoms with Gasteiger partial charge in [-0.2, -0.15) is 0 Å². The lowest BCUT2D eigenvalue weighted by molar-refractivity contribution is -0.149. The normalized spacial score (nSPS) is 24.7. The molecule has 3 aliphatic heterocycles. The van der Waals surface area contributed by atoms with E-state index < -0.39 is 235 Å². The summed E-state index contributed by atoms with van der Waals surface area (Å²) in [4.78, 5) is 270. The van der Waals surface area contributed by atoms with E-state index in [0.717, 1.165) is 41.8 Å². The van der Waals surface area contributed by atoms with E-state index in [1.807, 2.05) is 13.8 Å². The zero-order valence-electron chi connectivity index (χ0n) is 78.1. The molecule has 3 aliphatic rings. The number of unbranched alkanes of at least 4 members (excludes halogenated alkanes) is 2. The van der Waals surface area contributed by atoms with Crippen molar-refractivity contribution in [3.05, 3.63) is 126 Å². The van der Waals surface area contributed by atoms with Crippen LogP contribution in [0.1, 0.15) is 146 Å². The van der Waals surface area contributed by atoms with Crippen molar-refractivity contribution >= 4 is 140 Å². The predicted octanol–water partition coefficient (Wildman–Crippen LogP) is -2.33. The van der Waals surface area contributed by atoms with Crippen molar-refractivity contribution in [1.29, 1.82) is 5.41 Å². The number of aromatic nitrogens is 4. The lowest BCUT2D eigenvalue weighted by Crippen LogP contribution is -2.62. The number of H-pyrrole nitrogens is 3.